The lowest BCUT2D eigenvalue weighted by atomic mass is 10.4. The van der Waals surface area contributed by atoms with Gasteiger partial charge in [0.15, 0.2) is 0 Å². The van der Waals surface area contributed by atoms with Gasteiger partial charge in [-0.1, -0.05) is 124 Å². The number of hydrogen-bond donors (Lipinski definition) is 0. The first kappa shape index (κ1) is 19.8. The molecule has 4 heterocycles. The zero-order valence-corrected chi connectivity index (χ0v) is 21.0. The summed E-state index contributed by atoms with van der Waals surface area (Å²) >= 11 is 15.2. The van der Waals surface area contributed by atoms with Crippen molar-refractivity contribution in [3.05, 3.63) is 89.0 Å². The third-order valence-corrected chi connectivity index (χ3v) is 17.1. The number of thioether (sulfide) groups is 8. The van der Waals surface area contributed by atoms with E-state index < -0.39 is 7.92 Å². The molecule has 0 saturated carbocycles. The van der Waals surface area contributed by atoms with Gasteiger partial charge in [0.25, 0.3) is 0 Å². The second kappa shape index (κ2) is 9.36. The van der Waals surface area contributed by atoms with Gasteiger partial charge in [0.1, 0.15) is 0 Å². The van der Waals surface area contributed by atoms with Crippen LogP contribution in [0.1, 0.15) is 0 Å². The molecule has 0 N–H and O–H groups in total. The summed E-state index contributed by atoms with van der Waals surface area (Å²) in [5.74, 6) is 0. The van der Waals surface area contributed by atoms with Crippen molar-refractivity contribution in [1.82, 2.24) is 0 Å². The monoisotopic (exact) mass is 514 g/mol. The Labute approximate surface area is 194 Å². The van der Waals surface area contributed by atoms with Crippen molar-refractivity contribution < 1.29 is 0 Å². The summed E-state index contributed by atoms with van der Waals surface area (Å²) in [5.41, 5.74) is 0. The quantitative estimate of drug-likeness (QED) is 0.361. The van der Waals surface area contributed by atoms with Gasteiger partial charge in [-0.25, -0.2) is 0 Å². The molecule has 0 radical (unpaired) electrons. The summed E-state index contributed by atoms with van der Waals surface area (Å²) in [6.45, 7) is 0. The van der Waals surface area contributed by atoms with Crippen LogP contribution in [-0.2, 0) is 0 Å². The largest absolute Gasteiger partial charge is 0.0884 e. The van der Waals surface area contributed by atoms with Gasteiger partial charge >= 0.3 is 0 Å². The number of benzene rings is 1. The van der Waals surface area contributed by atoms with Crippen LogP contribution in [0.5, 0.6) is 0 Å². The Morgan fingerprint density at radius 3 is 1.48 bits per heavy atom. The van der Waals surface area contributed by atoms with Crippen LogP contribution >= 0.6 is 102 Å². The minimum atomic E-state index is -0.480. The Bertz CT molecular complexity index is 863. The minimum absolute atomic E-state index is 0.480. The fourth-order valence-electron chi connectivity index (χ4n) is 2.42. The van der Waals surface area contributed by atoms with Crippen molar-refractivity contribution >= 4 is 107 Å². The summed E-state index contributed by atoms with van der Waals surface area (Å²) in [7, 11) is -0.480. The zero-order chi connectivity index (χ0) is 18.1. The SMILES string of the molecule is C1=CSC(=C2SC=C(P(C3=CSC(=C4SC=CS4)S3)c3ccccc3)S2)S1. The number of hydrogen-bond acceptors (Lipinski definition) is 8. The van der Waals surface area contributed by atoms with Crippen molar-refractivity contribution in [2.45, 2.75) is 0 Å². The molecule has 0 bridgehead atoms. The summed E-state index contributed by atoms with van der Waals surface area (Å²) < 4.78 is 8.74. The van der Waals surface area contributed by atoms with Gasteiger partial charge in [-0.2, -0.15) is 0 Å². The maximum Gasteiger partial charge on any atom is 0.0700 e. The molecule has 0 nitrogen and oxygen atoms in total. The third kappa shape index (κ3) is 4.49. The molecule has 9 heteroatoms. The maximum absolute atomic E-state index is 2.39. The van der Waals surface area contributed by atoms with Gasteiger partial charge in [0, 0.05) is 17.2 Å². The molecule has 0 aliphatic carbocycles. The Balaban J connectivity index is 1.43. The van der Waals surface area contributed by atoms with Crippen LogP contribution in [-0.4, -0.2) is 0 Å². The van der Waals surface area contributed by atoms with Crippen LogP contribution in [0, 0.1) is 0 Å². The first-order chi connectivity index (χ1) is 13.4. The van der Waals surface area contributed by atoms with Crippen LogP contribution in [0.3, 0.4) is 0 Å². The average Bonchev–Trinajstić information content (AvgIpc) is 3.50. The first-order valence-electron chi connectivity index (χ1n) is 7.78. The fraction of sp³-hybridized carbons (Fsp3) is 0. The van der Waals surface area contributed by atoms with Crippen molar-refractivity contribution in [2.75, 3.05) is 0 Å². The standard InChI is InChI=1S/C18H11PS8/c1-2-4-12(5-3-1)19(13-10-24-17(26-13)15-20-6-7-21-15)14-11-25-18(27-14)16-22-8-9-23-16/h1-11H. The molecule has 0 spiro atoms. The molecule has 4 aliphatic rings. The lowest BCUT2D eigenvalue weighted by molar-refractivity contribution is 1.77. The highest BCUT2D eigenvalue weighted by molar-refractivity contribution is 8.38. The molecule has 0 amide bonds. The van der Waals surface area contributed by atoms with Gasteiger partial charge in [-0.3, -0.25) is 0 Å². The number of rotatable bonds is 3. The predicted molar refractivity (Wildman–Crippen MR) is 142 cm³/mol. The Morgan fingerprint density at radius 2 is 1.00 bits per heavy atom. The molecule has 27 heavy (non-hydrogen) atoms. The van der Waals surface area contributed by atoms with Gasteiger partial charge in [0.05, 0.1) is 16.9 Å². The van der Waals surface area contributed by atoms with E-state index in [1.165, 1.54) is 31.5 Å². The molecular formula is C18H11PS8. The second-order valence-corrected chi connectivity index (χ2v) is 16.5. The van der Waals surface area contributed by atoms with E-state index in [4.69, 9.17) is 0 Å². The van der Waals surface area contributed by atoms with E-state index in [9.17, 15) is 0 Å². The zero-order valence-electron chi connectivity index (χ0n) is 13.6. The van der Waals surface area contributed by atoms with E-state index in [2.05, 4.69) is 62.8 Å². The molecular weight excluding hydrogens is 504 g/mol. The van der Waals surface area contributed by atoms with Crippen LogP contribution in [0.4, 0.5) is 0 Å². The van der Waals surface area contributed by atoms with Crippen molar-refractivity contribution in [1.29, 1.82) is 0 Å². The van der Waals surface area contributed by atoms with Crippen molar-refractivity contribution in [3.8, 4) is 0 Å². The first-order valence-corrected chi connectivity index (χ1v) is 16.0. The van der Waals surface area contributed by atoms with E-state index in [-0.39, 0.29) is 0 Å². The van der Waals surface area contributed by atoms with E-state index in [0.717, 1.165) is 0 Å². The molecule has 1 aromatic carbocycles. The highest BCUT2D eigenvalue weighted by Crippen LogP contribution is 2.71. The Morgan fingerprint density at radius 1 is 0.519 bits per heavy atom. The van der Waals surface area contributed by atoms with Crippen molar-refractivity contribution in [2.24, 2.45) is 0 Å². The minimum Gasteiger partial charge on any atom is -0.0884 e. The summed E-state index contributed by atoms with van der Waals surface area (Å²) in [5, 5.41) is 15.0. The molecule has 0 saturated heterocycles. The topological polar surface area (TPSA) is 0 Å². The predicted octanol–water partition coefficient (Wildman–Crippen LogP) is 9.51. The van der Waals surface area contributed by atoms with Gasteiger partial charge in [-0.05, 0) is 37.8 Å². The highest BCUT2D eigenvalue weighted by Gasteiger charge is 2.31. The van der Waals surface area contributed by atoms with Gasteiger partial charge < -0.3 is 0 Å². The highest BCUT2D eigenvalue weighted by atomic mass is 32.2. The third-order valence-electron chi connectivity index (χ3n) is 3.53. The van der Waals surface area contributed by atoms with E-state index in [1.807, 2.05) is 94.1 Å². The lowest BCUT2D eigenvalue weighted by Crippen LogP contribution is -2.00. The summed E-state index contributed by atoms with van der Waals surface area (Å²) in [6.07, 6.45) is 0. The molecule has 0 unspecified atom stereocenters. The van der Waals surface area contributed by atoms with Crippen LogP contribution < -0.4 is 5.30 Å². The van der Waals surface area contributed by atoms with E-state index in [1.54, 1.807) is 0 Å². The molecule has 0 fully saturated rings. The molecule has 5 rings (SSSR count). The molecule has 136 valence electrons. The lowest BCUT2D eigenvalue weighted by Gasteiger charge is -2.19. The van der Waals surface area contributed by atoms with Gasteiger partial charge in [-0.15, -0.1) is 0 Å². The summed E-state index contributed by atoms with van der Waals surface area (Å²) in [6, 6.07) is 11.0. The maximum atomic E-state index is 2.39. The normalized spacial score (nSPS) is 21.8. The van der Waals surface area contributed by atoms with Crippen LogP contribution in [0.25, 0.3) is 0 Å². The fourth-order valence-corrected chi connectivity index (χ4v) is 16.0. The van der Waals surface area contributed by atoms with Crippen LogP contribution in [0.15, 0.2) is 89.0 Å². The molecule has 1 aromatic rings. The Hall–Kier alpha value is 0.890. The van der Waals surface area contributed by atoms with Crippen molar-refractivity contribution in [3.63, 3.8) is 0 Å². The average molecular weight is 515 g/mol. The summed E-state index contributed by atoms with van der Waals surface area (Å²) in [4.78, 5) is 0. The Kier molecular flexibility index (Phi) is 6.87. The molecule has 4 aliphatic heterocycles. The second-order valence-electron chi connectivity index (χ2n) is 5.19. The van der Waals surface area contributed by atoms with E-state index >= 15 is 0 Å². The smallest absolute Gasteiger partial charge is 0.0700 e. The van der Waals surface area contributed by atoms with Gasteiger partial charge in [0.2, 0.25) is 0 Å². The molecule has 0 aromatic heterocycles. The van der Waals surface area contributed by atoms with E-state index in [0.29, 0.717) is 0 Å². The van der Waals surface area contributed by atoms with Crippen LogP contribution in [0.2, 0.25) is 0 Å². The molecule has 0 atom stereocenters.